The molecule has 2 rings (SSSR count). The van der Waals surface area contributed by atoms with E-state index in [1.54, 1.807) is 31.2 Å². The van der Waals surface area contributed by atoms with Crippen molar-refractivity contribution >= 4 is 21.9 Å². The van der Waals surface area contributed by atoms with Crippen LogP contribution in [0.15, 0.2) is 50.5 Å². The van der Waals surface area contributed by atoms with Crippen LogP contribution in [0, 0.1) is 5.82 Å². The van der Waals surface area contributed by atoms with Gasteiger partial charge in [-0.05, 0) is 38.1 Å². The van der Waals surface area contributed by atoms with Crippen LogP contribution in [-0.4, -0.2) is 24.2 Å². The summed E-state index contributed by atoms with van der Waals surface area (Å²) in [4.78, 5) is 4.36. The van der Waals surface area contributed by atoms with Crippen molar-refractivity contribution < 1.29 is 13.9 Å². The third-order valence-corrected chi connectivity index (χ3v) is 3.91. The van der Waals surface area contributed by atoms with Crippen molar-refractivity contribution in [3.05, 3.63) is 58.2 Å². The van der Waals surface area contributed by atoms with E-state index in [2.05, 4.69) is 31.6 Å². The average molecular weight is 398 g/mol. The zero-order chi connectivity index (χ0) is 17.6. The SMILES string of the molecule is CCNC(=NCc1ccc(Br)cc1F)NCC(C)(O)c1ccco1. The van der Waals surface area contributed by atoms with Crippen LogP contribution < -0.4 is 10.6 Å². The number of hydrogen-bond acceptors (Lipinski definition) is 3. The van der Waals surface area contributed by atoms with E-state index in [-0.39, 0.29) is 18.9 Å². The predicted molar refractivity (Wildman–Crippen MR) is 95.2 cm³/mol. The quantitative estimate of drug-likeness (QED) is 0.517. The molecule has 0 aliphatic heterocycles. The summed E-state index contributed by atoms with van der Waals surface area (Å²) < 4.78 is 19.8. The van der Waals surface area contributed by atoms with Gasteiger partial charge in [-0.2, -0.15) is 0 Å². The molecule has 1 aromatic carbocycles. The van der Waals surface area contributed by atoms with Crippen LogP contribution in [0.3, 0.4) is 0 Å². The number of halogens is 2. The summed E-state index contributed by atoms with van der Waals surface area (Å²) in [6.45, 7) is 4.63. The molecule has 0 aliphatic rings. The first-order valence-electron chi connectivity index (χ1n) is 7.65. The molecule has 2 aromatic rings. The summed E-state index contributed by atoms with van der Waals surface area (Å²) in [6, 6.07) is 8.30. The van der Waals surface area contributed by atoms with Gasteiger partial charge in [0.2, 0.25) is 0 Å². The Bertz CT molecular complexity index is 687. The fourth-order valence-electron chi connectivity index (χ4n) is 2.08. The Labute approximate surface area is 149 Å². The standard InChI is InChI=1S/C17H21BrFN3O2/c1-3-20-16(21-10-12-6-7-13(18)9-14(12)19)22-11-17(2,23)15-5-4-8-24-15/h4-9,23H,3,10-11H2,1-2H3,(H2,20,21,22). The van der Waals surface area contributed by atoms with E-state index in [0.717, 1.165) is 0 Å². The minimum Gasteiger partial charge on any atom is -0.466 e. The van der Waals surface area contributed by atoms with Gasteiger partial charge in [-0.15, -0.1) is 0 Å². The fraction of sp³-hybridized carbons (Fsp3) is 0.353. The Morgan fingerprint density at radius 1 is 1.38 bits per heavy atom. The molecule has 0 amide bonds. The van der Waals surface area contributed by atoms with E-state index in [4.69, 9.17) is 4.42 Å². The zero-order valence-corrected chi connectivity index (χ0v) is 15.2. The lowest BCUT2D eigenvalue weighted by Gasteiger charge is -2.22. The summed E-state index contributed by atoms with van der Waals surface area (Å²) in [6.07, 6.45) is 1.51. The molecule has 1 unspecified atom stereocenters. The van der Waals surface area contributed by atoms with Crippen LogP contribution in [-0.2, 0) is 12.1 Å². The molecule has 24 heavy (non-hydrogen) atoms. The summed E-state index contributed by atoms with van der Waals surface area (Å²) >= 11 is 3.23. The summed E-state index contributed by atoms with van der Waals surface area (Å²) in [7, 11) is 0. The first-order valence-corrected chi connectivity index (χ1v) is 8.44. The fourth-order valence-corrected chi connectivity index (χ4v) is 2.42. The third kappa shape index (κ3) is 5.07. The van der Waals surface area contributed by atoms with E-state index in [9.17, 15) is 9.50 Å². The molecule has 0 saturated heterocycles. The summed E-state index contributed by atoms with van der Waals surface area (Å²) in [5, 5.41) is 16.6. The van der Waals surface area contributed by atoms with Crippen LogP contribution in [0.5, 0.6) is 0 Å². The number of aliphatic imine (C=N–C) groups is 1. The Morgan fingerprint density at radius 2 is 2.17 bits per heavy atom. The Kier molecular flexibility index (Phi) is 6.39. The molecule has 130 valence electrons. The van der Waals surface area contributed by atoms with E-state index in [1.807, 2.05) is 6.92 Å². The highest BCUT2D eigenvalue weighted by molar-refractivity contribution is 9.10. The molecule has 7 heteroatoms. The Hall–Kier alpha value is -1.86. The molecular formula is C17H21BrFN3O2. The largest absolute Gasteiger partial charge is 0.466 e. The average Bonchev–Trinajstić information content (AvgIpc) is 3.07. The van der Waals surface area contributed by atoms with E-state index in [0.29, 0.717) is 28.3 Å². The maximum atomic E-state index is 13.9. The molecule has 1 atom stereocenters. The molecule has 5 nitrogen and oxygen atoms in total. The van der Waals surface area contributed by atoms with Crippen molar-refractivity contribution in [2.45, 2.75) is 26.0 Å². The molecule has 0 radical (unpaired) electrons. The van der Waals surface area contributed by atoms with Crippen molar-refractivity contribution in [3.63, 3.8) is 0 Å². The van der Waals surface area contributed by atoms with E-state index >= 15 is 0 Å². The second-order valence-corrected chi connectivity index (χ2v) is 6.45. The number of nitrogens with zero attached hydrogens (tertiary/aromatic N) is 1. The Balaban J connectivity index is 2.03. The van der Waals surface area contributed by atoms with Crippen LogP contribution >= 0.6 is 15.9 Å². The highest BCUT2D eigenvalue weighted by atomic mass is 79.9. The van der Waals surface area contributed by atoms with Gasteiger partial charge < -0.3 is 20.2 Å². The number of nitrogens with one attached hydrogen (secondary N) is 2. The van der Waals surface area contributed by atoms with Gasteiger partial charge in [-0.25, -0.2) is 9.38 Å². The molecule has 3 N–H and O–H groups in total. The van der Waals surface area contributed by atoms with Gasteiger partial charge in [-0.3, -0.25) is 0 Å². The van der Waals surface area contributed by atoms with Crippen LogP contribution in [0.1, 0.15) is 25.2 Å². The van der Waals surface area contributed by atoms with Crippen molar-refractivity contribution in [1.82, 2.24) is 10.6 Å². The number of hydrogen-bond donors (Lipinski definition) is 3. The van der Waals surface area contributed by atoms with Crippen molar-refractivity contribution in [1.29, 1.82) is 0 Å². The minimum atomic E-state index is -1.18. The van der Waals surface area contributed by atoms with Gasteiger partial charge in [0.25, 0.3) is 0 Å². The lowest BCUT2D eigenvalue weighted by molar-refractivity contribution is 0.0386. The van der Waals surface area contributed by atoms with Crippen LogP contribution in [0.2, 0.25) is 0 Å². The number of benzene rings is 1. The minimum absolute atomic E-state index is 0.192. The lowest BCUT2D eigenvalue weighted by atomic mass is 10.0. The van der Waals surface area contributed by atoms with Gasteiger partial charge in [0.05, 0.1) is 19.4 Å². The molecular weight excluding hydrogens is 377 g/mol. The summed E-state index contributed by atoms with van der Waals surface area (Å²) in [5.41, 5.74) is -0.684. The monoisotopic (exact) mass is 397 g/mol. The van der Waals surface area contributed by atoms with E-state index < -0.39 is 5.60 Å². The highest BCUT2D eigenvalue weighted by Crippen LogP contribution is 2.20. The molecule has 0 saturated carbocycles. The van der Waals surface area contributed by atoms with Gasteiger partial charge in [0.15, 0.2) is 5.96 Å². The molecule has 0 spiro atoms. The second kappa shape index (κ2) is 8.30. The highest BCUT2D eigenvalue weighted by Gasteiger charge is 2.26. The molecule has 0 bridgehead atoms. The van der Waals surface area contributed by atoms with Crippen LogP contribution in [0.4, 0.5) is 4.39 Å². The van der Waals surface area contributed by atoms with Gasteiger partial charge in [0, 0.05) is 16.6 Å². The number of guanidine groups is 1. The van der Waals surface area contributed by atoms with Gasteiger partial charge in [0.1, 0.15) is 17.2 Å². The number of rotatable bonds is 6. The number of furan rings is 1. The molecule has 0 fully saturated rings. The Morgan fingerprint density at radius 3 is 2.79 bits per heavy atom. The summed E-state index contributed by atoms with van der Waals surface area (Å²) in [5.74, 6) is 0.642. The predicted octanol–water partition coefficient (Wildman–Crippen LogP) is 3.14. The molecule has 0 aliphatic carbocycles. The third-order valence-electron chi connectivity index (χ3n) is 3.42. The second-order valence-electron chi connectivity index (χ2n) is 5.54. The van der Waals surface area contributed by atoms with E-state index in [1.165, 1.54) is 12.3 Å². The lowest BCUT2D eigenvalue weighted by Crippen LogP contribution is -2.44. The van der Waals surface area contributed by atoms with Crippen molar-refractivity contribution in [2.24, 2.45) is 4.99 Å². The van der Waals surface area contributed by atoms with Crippen LogP contribution in [0.25, 0.3) is 0 Å². The first kappa shape index (κ1) is 18.5. The molecule has 1 heterocycles. The topological polar surface area (TPSA) is 69.8 Å². The smallest absolute Gasteiger partial charge is 0.191 e. The maximum absolute atomic E-state index is 13.9. The van der Waals surface area contributed by atoms with Gasteiger partial charge >= 0.3 is 0 Å². The van der Waals surface area contributed by atoms with Gasteiger partial charge in [-0.1, -0.05) is 22.0 Å². The molecule has 1 aromatic heterocycles. The number of aliphatic hydroxyl groups is 1. The normalized spacial score (nSPS) is 14.3. The van der Waals surface area contributed by atoms with Crippen molar-refractivity contribution in [3.8, 4) is 0 Å². The zero-order valence-electron chi connectivity index (χ0n) is 13.6. The maximum Gasteiger partial charge on any atom is 0.191 e. The van der Waals surface area contributed by atoms with Crippen molar-refractivity contribution in [2.75, 3.05) is 13.1 Å². The first-order chi connectivity index (χ1) is 11.4.